The first-order chi connectivity index (χ1) is 15.9. The van der Waals surface area contributed by atoms with Crippen molar-refractivity contribution in [3.63, 3.8) is 0 Å². The van der Waals surface area contributed by atoms with Crippen molar-refractivity contribution in [1.29, 1.82) is 0 Å². The molecule has 2 heterocycles. The van der Waals surface area contributed by atoms with Crippen molar-refractivity contribution < 1.29 is 9.13 Å². The van der Waals surface area contributed by atoms with Crippen LogP contribution in [0.5, 0.6) is 0 Å². The zero-order valence-electron chi connectivity index (χ0n) is 19.0. The Morgan fingerprint density at radius 1 is 1.18 bits per heavy atom. The molecular formula is C25H29FN4O2S. The Hall–Kier alpha value is -2.81. The second-order valence-corrected chi connectivity index (χ2v) is 8.87. The first-order valence-electron chi connectivity index (χ1n) is 11.1. The van der Waals surface area contributed by atoms with E-state index in [-0.39, 0.29) is 11.4 Å². The van der Waals surface area contributed by atoms with Gasteiger partial charge in [-0.2, -0.15) is 0 Å². The molecule has 2 aromatic carbocycles. The van der Waals surface area contributed by atoms with E-state index in [1.54, 1.807) is 12.1 Å². The largest absolute Gasteiger partial charge is 0.379 e. The van der Waals surface area contributed by atoms with Crippen molar-refractivity contribution >= 4 is 33.9 Å². The van der Waals surface area contributed by atoms with Gasteiger partial charge in [0, 0.05) is 37.4 Å². The number of fused-ring (bicyclic) bond motifs is 1. The number of H-pyrrole nitrogens is 1. The molecule has 0 unspecified atom stereocenters. The molecule has 2 N–H and O–H groups in total. The topological polar surface area (TPSA) is 60.6 Å². The third-order valence-electron chi connectivity index (χ3n) is 5.90. The van der Waals surface area contributed by atoms with Crippen LogP contribution in [-0.4, -0.2) is 59.3 Å². The minimum Gasteiger partial charge on any atom is -0.379 e. The number of halogens is 1. The molecule has 3 aromatic rings. The van der Waals surface area contributed by atoms with E-state index in [0.29, 0.717) is 29.5 Å². The first-order valence-corrected chi connectivity index (χ1v) is 11.5. The third kappa shape index (κ3) is 5.96. The van der Waals surface area contributed by atoms with E-state index in [4.69, 9.17) is 17.0 Å². The van der Waals surface area contributed by atoms with Crippen LogP contribution in [0, 0.1) is 19.7 Å². The molecule has 0 spiro atoms. The number of aromatic nitrogens is 1. The highest BCUT2D eigenvalue weighted by Crippen LogP contribution is 2.19. The smallest absolute Gasteiger partial charge is 0.253 e. The molecule has 0 bridgehead atoms. The quantitative estimate of drug-likeness (QED) is 0.537. The number of ether oxygens (including phenoxy) is 1. The minimum atomic E-state index is -0.302. The van der Waals surface area contributed by atoms with Gasteiger partial charge in [-0.25, -0.2) is 4.39 Å². The Balaban J connectivity index is 1.57. The maximum absolute atomic E-state index is 13.3. The number of nitrogens with one attached hydrogen (secondary N) is 2. The van der Waals surface area contributed by atoms with Gasteiger partial charge in [-0.1, -0.05) is 11.6 Å². The van der Waals surface area contributed by atoms with Gasteiger partial charge in [0.1, 0.15) is 5.82 Å². The number of rotatable bonds is 6. The fourth-order valence-electron chi connectivity index (χ4n) is 4.13. The minimum absolute atomic E-state index is 0.115. The van der Waals surface area contributed by atoms with Gasteiger partial charge >= 0.3 is 0 Å². The predicted molar refractivity (Wildman–Crippen MR) is 134 cm³/mol. The summed E-state index contributed by atoms with van der Waals surface area (Å²) in [4.78, 5) is 20.3. The van der Waals surface area contributed by atoms with E-state index >= 15 is 0 Å². The molecule has 0 saturated carbocycles. The number of pyridine rings is 1. The molecule has 0 amide bonds. The molecule has 0 atom stereocenters. The summed E-state index contributed by atoms with van der Waals surface area (Å²) >= 11 is 5.70. The second-order valence-electron chi connectivity index (χ2n) is 8.48. The van der Waals surface area contributed by atoms with Crippen LogP contribution in [0.3, 0.4) is 0 Å². The number of thiocarbonyl (C=S) groups is 1. The number of aryl methyl sites for hydroxylation is 2. The van der Waals surface area contributed by atoms with E-state index in [9.17, 15) is 9.18 Å². The molecule has 0 aliphatic carbocycles. The SMILES string of the molecule is Cc1cc(C)c2[nH]c(=O)c(CN(CCN3CCOCC3)C(=S)Nc3ccc(F)cc3)cc2c1. The van der Waals surface area contributed by atoms with Gasteiger partial charge in [0.25, 0.3) is 5.56 Å². The van der Waals surface area contributed by atoms with Gasteiger partial charge in [-0.05, 0) is 73.4 Å². The highest BCUT2D eigenvalue weighted by Gasteiger charge is 2.17. The van der Waals surface area contributed by atoms with Crippen LogP contribution in [0.25, 0.3) is 10.9 Å². The summed E-state index contributed by atoms with van der Waals surface area (Å²) in [5.41, 5.74) is 4.30. The first kappa shape index (κ1) is 23.4. The molecule has 174 valence electrons. The van der Waals surface area contributed by atoms with Crippen LogP contribution in [0.15, 0.2) is 47.3 Å². The molecule has 6 nitrogen and oxygen atoms in total. The van der Waals surface area contributed by atoms with E-state index in [1.165, 1.54) is 12.1 Å². The number of hydrogen-bond acceptors (Lipinski definition) is 4. The maximum Gasteiger partial charge on any atom is 0.253 e. The molecule has 1 aliphatic rings. The van der Waals surface area contributed by atoms with E-state index in [0.717, 1.165) is 54.9 Å². The fourth-order valence-corrected chi connectivity index (χ4v) is 4.40. The molecular weight excluding hydrogens is 439 g/mol. The van der Waals surface area contributed by atoms with Crippen molar-refractivity contribution in [2.75, 3.05) is 44.7 Å². The summed E-state index contributed by atoms with van der Waals surface area (Å²) in [5.74, 6) is -0.302. The van der Waals surface area contributed by atoms with Gasteiger partial charge in [0.05, 0.1) is 25.3 Å². The zero-order chi connectivity index (χ0) is 23.4. The Labute approximate surface area is 198 Å². The molecule has 0 radical (unpaired) electrons. The van der Waals surface area contributed by atoms with Crippen molar-refractivity contribution in [3.8, 4) is 0 Å². The zero-order valence-corrected chi connectivity index (χ0v) is 19.8. The molecule has 4 rings (SSSR count). The number of hydrogen-bond donors (Lipinski definition) is 2. The van der Waals surface area contributed by atoms with Crippen LogP contribution < -0.4 is 10.9 Å². The third-order valence-corrected chi connectivity index (χ3v) is 6.26. The highest BCUT2D eigenvalue weighted by molar-refractivity contribution is 7.80. The maximum atomic E-state index is 13.3. The van der Waals surface area contributed by atoms with Crippen molar-refractivity contribution in [2.45, 2.75) is 20.4 Å². The second kappa shape index (κ2) is 10.4. The van der Waals surface area contributed by atoms with Gasteiger partial charge in [-0.15, -0.1) is 0 Å². The highest BCUT2D eigenvalue weighted by atomic mass is 32.1. The van der Waals surface area contributed by atoms with Gasteiger partial charge in [0.15, 0.2) is 5.11 Å². The van der Waals surface area contributed by atoms with Crippen LogP contribution in [0.2, 0.25) is 0 Å². The Kier molecular flexibility index (Phi) is 7.37. The molecule has 8 heteroatoms. The predicted octanol–water partition coefficient (Wildman–Crippen LogP) is 3.82. The summed E-state index contributed by atoms with van der Waals surface area (Å²) in [6.07, 6.45) is 0. The molecule has 1 aliphatic heterocycles. The lowest BCUT2D eigenvalue weighted by atomic mass is 10.1. The number of benzene rings is 2. The van der Waals surface area contributed by atoms with Crippen molar-refractivity contribution in [2.24, 2.45) is 0 Å². The Morgan fingerprint density at radius 2 is 1.91 bits per heavy atom. The summed E-state index contributed by atoms with van der Waals surface area (Å²) < 4.78 is 18.7. The lowest BCUT2D eigenvalue weighted by Crippen LogP contribution is -2.44. The number of anilines is 1. The average Bonchev–Trinajstić information content (AvgIpc) is 2.79. The van der Waals surface area contributed by atoms with E-state index < -0.39 is 0 Å². The fraction of sp³-hybridized carbons (Fsp3) is 0.360. The molecule has 1 aromatic heterocycles. The van der Waals surface area contributed by atoms with Crippen molar-refractivity contribution in [1.82, 2.24) is 14.8 Å². The summed E-state index contributed by atoms with van der Waals surface area (Å²) in [7, 11) is 0. The lowest BCUT2D eigenvalue weighted by Gasteiger charge is -2.31. The lowest BCUT2D eigenvalue weighted by molar-refractivity contribution is 0.0358. The van der Waals surface area contributed by atoms with Crippen LogP contribution in [0.4, 0.5) is 10.1 Å². The average molecular weight is 469 g/mol. The van der Waals surface area contributed by atoms with Crippen LogP contribution >= 0.6 is 12.2 Å². The Bertz CT molecular complexity index is 1190. The number of morpholine rings is 1. The van der Waals surface area contributed by atoms with Gasteiger partial charge in [-0.3, -0.25) is 9.69 Å². The molecule has 33 heavy (non-hydrogen) atoms. The normalized spacial score (nSPS) is 14.4. The van der Waals surface area contributed by atoms with Crippen molar-refractivity contribution in [3.05, 3.63) is 75.3 Å². The Morgan fingerprint density at radius 3 is 2.64 bits per heavy atom. The monoisotopic (exact) mass is 468 g/mol. The summed E-state index contributed by atoms with van der Waals surface area (Å²) in [6, 6.07) is 12.2. The van der Waals surface area contributed by atoms with Gasteiger partial charge < -0.3 is 19.9 Å². The molecule has 1 fully saturated rings. The number of aromatic amines is 1. The molecule has 1 saturated heterocycles. The van der Waals surface area contributed by atoms with E-state index in [2.05, 4.69) is 27.3 Å². The van der Waals surface area contributed by atoms with Crippen LogP contribution in [-0.2, 0) is 11.3 Å². The summed E-state index contributed by atoms with van der Waals surface area (Å²) in [6.45, 7) is 9.07. The standard InChI is InChI=1S/C25H29FN4O2S/c1-17-13-18(2)23-19(14-17)15-20(24(31)28-23)16-30(8-7-29-9-11-32-12-10-29)25(33)27-22-5-3-21(26)4-6-22/h3-6,13-15H,7-12,16H2,1-2H3,(H,27,33)(H,28,31). The van der Waals surface area contributed by atoms with Gasteiger partial charge in [0.2, 0.25) is 0 Å². The van der Waals surface area contributed by atoms with E-state index in [1.807, 2.05) is 24.8 Å². The summed E-state index contributed by atoms with van der Waals surface area (Å²) in [5, 5.41) is 4.69. The number of nitrogens with zero attached hydrogens (tertiary/aromatic N) is 2. The van der Waals surface area contributed by atoms with Crippen LogP contribution in [0.1, 0.15) is 16.7 Å².